The van der Waals surface area contributed by atoms with E-state index >= 15 is 0 Å². The molecule has 2 aliphatic heterocycles. The Morgan fingerprint density at radius 2 is 2.00 bits per heavy atom. The number of fused-ring (bicyclic) bond motifs is 1. The molecule has 1 N–H and O–H groups in total. The highest BCUT2D eigenvalue weighted by atomic mass is 19.4. The fraction of sp³-hybridized carbons (Fsp3) is 0.474. The standard InChI is InChI=1S/C19H24F3N5/c1-5-6-17-15-9-13(19(20,21)22)7-8-16(15)24-18(27(17)25-12(2)3)26-10-14(11-26)23-4/h5-9,14,17,23H,10-11H2,1-4H3. The molecule has 3 rings (SSSR count). The van der Waals surface area contributed by atoms with E-state index in [9.17, 15) is 13.2 Å². The summed E-state index contributed by atoms with van der Waals surface area (Å²) in [7, 11) is 1.91. The summed E-state index contributed by atoms with van der Waals surface area (Å²) in [6.07, 6.45) is -0.709. The van der Waals surface area contributed by atoms with E-state index in [2.05, 4.69) is 20.3 Å². The van der Waals surface area contributed by atoms with Crippen LogP contribution in [0, 0.1) is 0 Å². The Balaban J connectivity index is 2.10. The molecule has 1 unspecified atom stereocenters. The number of rotatable bonds is 3. The van der Waals surface area contributed by atoms with Crippen LogP contribution in [-0.4, -0.2) is 47.8 Å². The lowest BCUT2D eigenvalue weighted by atomic mass is 9.98. The van der Waals surface area contributed by atoms with Gasteiger partial charge in [-0.2, -0.15) is 18.3 Å². The third kappa shape index (κ3) is 3.85. The van der Waals surface area contributed by atoms with Gasteiger partial charge in [0.15, 0.2) is 0 Å². The van der Waals surface area contributed by atoms with Crippen LogP contribution < -0.4 is 5.32 Å². The number of halogens is 3. The van der Waals surface area contributed by atoms with Gasteiger partial charge in [-0.15, -0.1) is 0 Å². The molecule has 0 spiro atoms. The Kier molecular flexibility index (Phi) is 5.28. The topological polar surface area (TPSA) is 43.2 Å². The molecule has 5 nitrogen and oxygen atoms in total. The molecule has 2 heterocycles. The second-order valence-electron chi connectivity index (χ2n) is 6.94. The minimum atomic E-state index is -4.40. The molecule has 1 aromatic carbocycles. The van der Waals surface area contributed by atoms with Crippen LogP contribution >= 0.6 is 0 Å². The number of likely N-dealkylation sites (N-methyl/N-ethyl adjacent to an activating group) is 1. The van der Waals surface area contributed by atoms with Crippen molar-refractivity contribution in [2.75, 3.05) is 20.1 Å². The number of aliphatic imine (C=N–C) groups is 1. The molecule has 27 heavy (non-hydrogen) atoms. The van der Waals surface area contributed by atoms with Gasteiger partial charge in [-0.05, 0) is 46.0 Å². The summed E-state index contributed by atoms with van der Waals surface area (Å²) in [5.41, 5.74) is 1.18. The summed E-state index contributed by atoms with van der Waals surface area (Å²) >= 11 is 0. The van der Waals surface area contributed by atoms with E-state index < -0.39 is 17.8 Å². The predicted molar refractivity (Wildman–Crippen MR) is 101 cm³/mol. The molecular formula is C19H24F3N5. The van der Waals surface area contributed by atoms with Crippen molar-refractivity contribution < 1.29 is 13.2 Å². The first-order chi connectivity index (χ1) is 12.7. The monoisotopic (exact) mass is 379 g/mol. The molecule has 0 saturated carbocycles. The lowest BCUT2D eigenvalue weighted by Crippen LogP contribution is -2.62. The third-order valence-electron chi connectivity index (χ3n) is 4.62. The second kappa shape index (κ2) is 7.34. The normalized spacial score (nSPS) is 20.4. The number of benzene rings is 1. The number of hydrogen-bond donors (Lipinski definition) is 1. The maximum atomic E-state index is 13.2. The van der Waals surface area contributed by atoms with Gasteiger partial charge in [-0.3, -0.25) is 0 Å². The Bertz CT molecular complexity index is 787. The highest BCUT2D eigenvalue weighted by Gasteiger charge is 2.38. The fourth-order valence-corrected chi connectivity index (χ4v) is 3.21. The average molecular weight is 379 g/mol. The number of nitrogens with zero attached hydrogens (tertiary/aromatic N) is 4. The van der Waals surface area contributed by atoms with Gasteiger partial charge in [-0.1, -0.05) is 12.2 Å². The summed E-state index contributed by atoms with van der Waals surface area (Å²) in [5.74, 6) is 0.665. The Hall–Kier alpha value is -2.35. The molecule has 1 fully saturated rings. The first-order valence-electron chi connectivity index (χ1n) is 8.90. The van der Waals surface area contributed by atoms with Crippen molar-refractivity contribution in [1.82, 2.24) is 15.2 Å². The van der Waals surface area contributed by atoms with Crippen LogP contribution in [-0.2, 0) is 6.18 Å². The van der Waals surface area contributed by atoms with E-state index in [1.165, 1.54) is 12.1 Å². The molecule has 0 bridgehead atoms. The smallest absolute Gasteiger partial charge is 0.338 e. The molecule has 1 aromatic rings. The molecule has 0 aromatic heterocycles. The van der Waals surface area contributed by atoms with E-state index in [4.69, 9.17) is 0 Å². The van der Waals surface area contributed by atoms with Crippen molar-refractivity contribution in [3.05, 3.63) is 41.5 Å². The number of allylic oxidation sites excluding steroid dienone is 1. The zero-order valence-electron chi connectivity index (χ0n) is 15.9. The summed E-state index contributed by atoms with van der Waals surface area (Å²) in [6.45, 7) is 7.13. The van der Waals surface area contributed by atoms with Crippen LogP contribution in [0.3, 0.4) is 0 Å². The largest absolute Gasteiger partial charge is 0.416 e. The van der Waals surface area contributed by atoms with Gasteiger partial charge in [-0.25, -0.2) is 10.0 Å². The molecule has 2 aliphatic rings. The number of guanidine groups is 1. The number of hydrazone groups is 1. The van der Waals surface area contributed by atoms with Crippen LogP contribution in [0.1, 0.15) is 37.9 Å². The zero-order chi connectivity index (χ0) is 19.8. The molecule has 1 atom stereocenters. The van der Waals surface area contributed by atoms with Crippen LogP contribution in [0.2, 0.25) is 0 Å². The lowest BCUT2D eigenvalue weighted by molar-refractivity contribution is -0.137. The predicted octanol–water partition coefficient (Wildman–Crippen LogP) is 3.93. The van der Waals surface area contributed by atoms with E-state index in [1.54, 1.807) is 5.01 Å². The van der Waals surface area contributed by atoms with E-state index in [1.807, 2.05) is 40.0 Å². The van der Waals surface area contributed by atoms with Crippen molar-refractivity contribution in [2.45, 2.75) is 39.0 Å². The Morgan fingerprint density at radius 3 is 2.56 bits per heavy atom. The van der Waals surface area contributed by atoms with Crippen molar-refractivity contribution in [1.29, 1.82) is 0 Å². The number of likely N-dealkylation sites (tertiary alicyclic amines) is 1. The minimum Gasteiger partial charge on any atom is -0.338 e. The van der Waals surface area contributed by atoms with Gasteiger partial charge >= 0.3 is 6.18 Å². The Labute approximate surface area is 157 Å². The van der Waals surface area contributed by atoms with Gasteiger partial charge in [0, 0.05) is 30.4 Å². The maximum absolute atomic E-state index is 13.2. The molecule has 1 saturated heterocycles. The Morgan fingerprint density at radius 1 is 1.30 bits per heavy atom. The second-order valence-corrected chi connectivity index (χ2v) is 6.94. The van der Waals surface area contributed by atoms with Crippen molar-refractivity contribution in [3.63, 3.8) is 0 Å². The number of alkyl halides is 3. The molecule has 0 aliphatic carbocycles. The first kappa shape index (κ1) is 19.4. The van der Waals surface area contributed by atoms with E-state index in [0.29, 0.717) is 23.3 Å². The zero-order valence-corrected chi connectivity index (χ0v) is 15.9. The minimum absolute atomic E-state index is 0.371. The maximum Gasteiger partial charge on any atom is 0.416 e. The van der Waals surface area contributed by atoms with Crippen molar-refractivity contribution in [3.8, 4) is 0 Å². The van der Waals surface area contributed by atoms with Crippen LogP contribution in [0.4, 0.5) is 18.9 Å². The van der Waals surface area contributed by atoms with Crippen LogP contribution in [0.5, 0.6) is 0 Å². The summed E-state index contributed by atoms with van der Waals surface area (Å²) < 4.78 is 39.7. The van der Waals surface area contributed by atoms with Crippen molar-refractivity contribution in [2.24, 2.45) is 10.1 Å². The van der Waals surface area contributed by atoms with E-state index in [0.717, 1.165) is 24.9 Å². The molecular weight excluding hydrogens is 355 g/mol. The van der Waals surface area contributed by atoms with Crippen LogP contribution in [0.25, 0.3) is 0 Å². The van der Waals surface area contributed by atoms with Gasteiger partial charge in [0.25, 0.3) is 0 Å². The van der Waals surface area contributed by atoms with Gasteiger partial charge < -0.3 is 10.2 Å². The number of nitrogens with one attached hydrogen (secondary N) is 1. The molecule has 146 valence electrons. The third-order valence-corrected chi connectivity index (χ3v) is 4.62. The summed E-state index contributed by atoms with van der Waals surface area (Å²) in [4.78, 5) is 6.75. The lowest BCUT2D eigenvalue weighted by Gasteiger charge is -2.46. The summed E-state index contributed by atoms with van der Waals surface area (Å²) in [6, 6.07) is 3.65. The van der Waals surface area contributed by atoms with Crippen molar-refractivity contribution >= 4 is 17.4 Å². The quantitative estimate of drug-likeness (QED) is 0.639. The SMILES string of the molecule is CC=CC1c2cc(C(F)(F)F)ccc2N=C(N2CC(NC)C2)N1N=C(C)C. The molecule has 0 amide bonds. The first-order valence-corrected chi connectivity index (χ1v) is 8.90. The molecule has 8 heteroatoms. The highest BCUT2D eigenvalue weighted by molar-refractivity contribution is 5.89. The van der Waals surface area contributed by atoms with Gasteiger partial charge in [0.2, 0.25) is 5.96 Å². The fourth-order valence-electron chi connectivity index (χ4n) is 3.21. The van der Waals surface area contributed by atoms with Crippen LogP contribution in [0.15, 0.2) is 40.4 Å². The van der Waals surface area contributed by atoms with E-state index in [-0.39, 0.29) is 0 Å². The highest BCUT2D eigenvalue weighted by Crippen LogP contribution is 2.41. The number of hydrogen-bond acceptors (Lipinski definition) is 5. The van der Waals surface area contributed by atoms with Gasteiger partial charge in [0.05, 0.1) is 11.3 Å². The average Bonchev–Trinajstić information content (AvgIpc) is 2.55. The van der Waals surface area contributed by atoms with Gasteiger partial charge in [0.1, 0.15) is 6.04 Å². The summed E-state index contributed by atoms with van der Waals surface area (Å²) in [5, 5.41) is 9.53. The molecule has 0 radical (unpaired) electrons.